The van der Waals surface area contributed by atoms with E-state index in [0.29, 0.717) is 0 Å². The van der Waals surface area contributed by atoms with Gasteiger partial charge in [-0.25, -0.2) is 8.88 Å². The van der Waals surface area contributed by atoms with Gasteiger partial charge in [-0.2, -0.15) is 0 Å². The van der Waals surface area contributed by atoms with Crippen LogP contribution in [0, 0.1) is 0 Å². The Kier molecular flexibility index (Phi) is 14.3. The maximum atomic E-state index is 2.87. The lowest BCUT2D eigenvalue weighted by molar-refractivity contribution is 0.672. The Morgan fingerprint density at radius 3 is 0.500 bits per heavy atom. The van der Waals surface area contributed by atoms with Crippen molar-refractivity contribution in [1.82, 2.24) is 8.88 Å². The zero-order chi connectivity index (χ0) is 41.8. The van der Waals surface area contributed by atoms with Crippen molar-refractivity contribution in [2.45, 2.75) is 13.1 Å². The van der Waals surface area contributed by atoms with E-state index in [1.807, 2.05) is 0 Å². The van der Waals surface area contributed by atoms with Crippen molar-refractivity contribution in [3.63, 3.8) is 0 Å². The van der Waals surface area contributed by atoms with Crippen LogP contribution in [-0.4, -0.2) is 8.88 Å². The molecule has 0 saturated carbocycles. The quantitative estimate of drug-likeness (QED) is 0.0893. The van der Waals surface area contributed by atoms with Crippen molar-refractivity contribution in [3.05, 3.63) is 278 Å². The van der Waals surface area contributed by atoms with Crippen molar-refractivity contribution in [2.24, 2.45) is 0 Å². The zero-order valence-electron chi connectivity index (χ0n) is 34.5. The van der Waals surface area contributed by atoms with Crippen LogP contribution >= 0.6 is 32.3 Å². The van der Waals surface area contributed by atoms with Crippen LogP contribution < -0.4 is 42.4 Å². The Hall–Kier alpha value is -5.38. The molecule has 0 N–H and O–H groups in total. The molecule has 6 heteroatoms. The molecule has 0 heterocycles. The minimum atomic E-state index is -0.970. The highest BCUT2D eigenvalue weighted by atomic mass is 31.2. The number of nitrogens with zero attached hydrogens (tertiary/aromatic N) is 2. The summed E-state index contributed by atoms with van der Waals surface area (Å²) >= 11 is 0. The molecule has 9 rings (SSSR count). The lowest BCUT2D eigenvalue weighted by Crippen LogP contribution is -2.33. The Morgan fingerprint density at radius 2 is 0.339 bits per heavy atom. The molecule has 0 amide bonds. The summed E-state index contributed by atoms with van der Waals surface area (Å²) in [7, 11) is -3.88. The van der Waals surface area contributed by atoms with Gasteiger partial charge >= 0.3 is 0 Å². The normalized spacial score (nSPS) is 11.6. The van der Waals surface area contributed by atoms with Crippen molar-refractivity contribution in [3.8, 4) is 0 Å². The van der Waals surface area contributed by atoms with E-state index in [-0.39, 0.29) is 0 Å². The van der Waals surface area contributed by atoms with E-state index in [1.165, 1.54) is 53.6 Å². The van der Waals surface area contributed by atoms with E-state index < -0.39 is 32.3 Å². The highest BCUT2D eigenvalue weighted by Gasteiger charge is 2.35. The van der Waals surface area contributed by atoms with E-state index in [4.69, 9.17) is 0 Å². The molecular formula is C56H48N2P4. The summed E-state index contributed by atoms with van der Waals surface area (Å²) < 4.78 is 5.75. The number of hydrogen-bond donors (Lipinski definition) is 0. The summed E-state index contributed by atoms with van der Waals surface area (Å²) in [5, 5.41) is 10.8. The van der Waals surface area contributed by atoms with Gasteiger partial charge in [-0.15, -0.1) is 0 Å². The van der Waals surface area contributed by atoms with Gasteiger partial charge < -0.3 is 0 Å². The molecule has 9 aromatic carbocycles. The second kappa shape index (κ2) is 21.1. The first-order valence-electron chi connectivity index (χ1n) is 21.0. The molecule has 0 aliphatic rings. The molecule has 0 bridgehead atoms. The van der Waals surface area contributed by atoms with Crippen LogP contribution in [-0.2, 0) is 13.1 Å². The highest BCUT2D eigenvalue weighted by molar-refractivity contribution is 7.85. The molecule has 9 aromatic rings. The molecule has 302 valence electrons. The predicted molar refractivity (Wildman–Crippen MR) is 274 cm³/mol. The summed E-state index contributed by atoms with van der Waals surface area (Å²) in [6.07, 6.45) is 0. The van der Waals surface area contributed by atoms with Crippen LogP contribution in [0.3, 0.4) is 0 Å². The van der Waals surface area contributed by atoms with Crippen LogP contribution in [0.5, 0.6) is 0 Å². The second-order valence-electron chi connectivity index (χ2n) is 14.8. The third-order valence-corrected chi connectivity index (χ3v) is 21.5. The number of rotatable bonds is 16. The Balaban J connectivity index is 1.25. The molecule has 0 aromatic heterocycles. The monoisotopic (exact) mass is 872 g/mol. The fourth-order valence-electron chi connectivity index (χ4n) is 7.85. The molecule has 0 unspecified atom stereocenters. The molecular weight excluding hydrogens is 825 g/mol. The fourth-order valence-corrected chi connectivity index (χ4v) is 19.9. The van der Waals surface area contributed by atoms with Gasteiger partial charge in [-0.05, 0) is 53.6 Å². The first-order chi connectivity index (χ1) is 30.8. The van der Waals surface area contributed by atoms with Gasteiger partial charge in [0.15, 0.2) is 0 Å². The molecule has 2 nitrogen and oxygen atoms in total. The van der Waals surface area contributed by atoms with Gasteiger partial charge in [0, 0.05) is 45.4 Å². The third-order valence-electron chi connectivity index (χ3n) is 10.7. The van der Waals surface area contributed by atoms with Crippen LogP contribution in [0.2, 0.25) is 0 Å². The number of benzene rings is 9. The lowest BCUT2D eigenvalue weighted by Gasteiger charge is -2.41. The molecule has 0 fully saturated rings. The van der Waals surface area contributed by atoms with Crippen LogP contribution in [0.4, 0.5) is 0 Å². The SMILES string of the molecule is c1ccc(P(c2ccccc2)N(Cc2ccccc2CN(P(c2ccccc2)c2ccccc2)P(c2ccccc2)c2ccccc2)P(c2ccccc2)c2ccccc2)cc1. The zero-order valence-corrected chi connectivity index (χ0v) is 38.1. The first kappa shape index (κ1) is 41.9. The summed E-state index contributed by atoms with van der Waals surface area (Å²) in [5.74, 6) is 0. The lowest BCUT2D eigenvalue weighted by atomic mass is 10.1. The maximum absolute atomic E-state index is 2.87. The van der Waals surface area contributed by atoms with Crippen LogP contribution in [0.15, 0.2) is 267 Å². The van der Waals surface area contributed by atoms with Gasteiger partial charge in [0.2, 0.25) is 0 Å². The molecule has 62 heavy (non-hydrogen) atoms. The van der Waals surface area contributed by atoms with Crippen molar-refractivity contribution in [1.29, 1.82) is 0 Å². The van der Waals surface area contributed by atoms with Gasteiger partial charge in [0.05, 0.1) is 0 Å². The predicted octanol–water partition coefficient (Wildman–Crippen LogP) is 11.5. The Labute approximate surface area is 372 Å². The van der Waals surface area contributed by atoms with Gasteiger partial charge in [-0.1, -0.05) is 267 Å². The summed E-state index contributed by atoms with van der Waals surface area (Å²) in [5.41, 5.74) is 2.70. The fraction of sp³-hybridized carbons (Fsp3) is 0.0357. The Bertz CT molecular complexity index is 2180. The Morgan fingerprint density at radius 1 is 0.194 bits per heavy atom. The average molecular weight is 873 g/mol. The van der Waals surface area contributed by atoms with E-state index in [0.717, 1.165) is 13.1 Å². The summed E-state index contributed by atoms with van der Waals surface area (Å²) in [6.45, 7) is 1.55. The largest absolute Gasteiger partial charge is 0.240 e. The van der Waals surface area contributed by atoms with E-state index in [2.05, 4.69) is 276 Å². The first-order valence-corrected chi connectivity index (χ1v) is 26.2. The van der Waals surface area contributed by atoms with Crippen LogP contribution in [0.25, 0.3) is 0 Å². The van der Waals surface area contributed by atoms with Gasteiger partial charge in [-0.3, -0.25) is 0 Å². The minimum Gasteiger partial charge on any atom is -0.240 e. The highest BCUT2D eigenvalue weighted by Crippen LogP contribution is 2.57. The second-order valence-corrected chi connectivity index (χ2v) is 23.9. The molecule has 0 radical (unpaired) electrons. The van der Waals surface area contributed by atoms with Crippen molar-refractivity contribution < 1.29 is 0 Å². The van der Waals surface area contributed by atoms with Crippen molar-refractivity contribution >= 4 is 74.7 Å². The number of hydrogen-bond acceptors (Lipinski definition) is 2. The minimum absolute atomic E-state index is 0.776. The smallest absolute Gasteiger partial charge is 0.0328 e. The van der Waals surface area contributed by atoms with Gasteiger partial charge in [0.1, 0.15) is 0 Å². The van der Waals surface area contributed by atoms with E-state index >= 15 is 0 Å². The van der Waals surface area contributed by atoms with Crippen LogP contribution in [0.1, 0.15) is 11.1 Å². The van der Waals surface area contributed by atoms with E-state index in [9.17, 15) is 0 Å². The standard InChI is InChI=1S/C56H48N2P4/c1-9-29-49(30-10-1)59(50-31-11-2-12-32-50)57(60(51-33-13-3-14-34-51)52-35-15-4-16-36-52)45-47-27-25-26-28-48(47)46-58(61(53-37-17-5-18-38-53)54-39-19-6-20-40-54)62(55-41-21-7-22-42-55)56-43-23-8-24-44-56/h1-44H,45-46H2. The molecule has 0 saturated heterocycles. The molecule has 0 atom stereocenters. The summed E-state index contributed by atoms with van der Waals surface area (Å²) in [6, 6.07) is 99.1. The summed E-state index contributed by atoms with van der Waals surface area (Å²) in [4.78, 5) is 0. The molecule has 0 aliphatic carbocycles. The molecule has 0 spiro atoms. The topological polar surface area (TPSA) is 6.48 Å². The molecule has 0 aliphatic heterocycles. The third kappa shape index (κ3) is 9.95. The van der Waals surface area contributed by atoms with E-state index in [1.54, 1.807) is 0 Å². The van der Waals surface area contributed by atoms with Crippen molar-refractivity contribution in [2.75, 3.05) is 0 Å². The maximum Gasteiger partial charge on any atom is 0.0328 e. The van der Waals surface area contributed by atoms with Gasteiger partial charge in [0.25, 0.3) is 0 Å². The average Bonchev–Trinajstić information content (AvgIpc) is 3.35.